The van der Waals surface area contributed by atoms with Gasteiger partial charge in [0.2, 0.25) is 0 Å². The van der Waals surface area contributed by atoms with E-state index in [-0.39, 0.29) is 12.0 Å². The van der Waals surface area contributed by atoms with Crippen molar-refractivity contribution in [3.05, 3.63) is 30.1 Å². The topological polar surface area (TPSA) is 36.4 Å². The normalized spacial score (nSPS) is 27.9. The molecule has 2 heterocycles. The van der Waals surface area contributed by atoms with Gasteiger partial charge >= 0.3 is 0 Å². The number of aromatic nitrogens is 1. The van der Waals surface area contributed by atoms with Crippen LogP contribution in [0.3, 0.4) is 0 Å². The van der Waals surface area contributed by atoms with E-state index in [0.717, 1.165) is 25.9 Å². The zero-order valence-corrected chi connectivity index (χ0v) is 9.19. The van der Waals surface area contributed by atoms with Crippen LogP contribution in [0.15, 0.2) is 24.5 Å². The molecule has 1 fully saturated rings. The van der Waals surface area contributed by atoms with Crippen LogP contribution in [-0.2, 0) is 5.41 Å². The molecule has 1 unspecified atom stereocenters. The van der Waals surface area contributed by atoms with Crippen LogP contribution < -0.4 is 0 Å². The molecule has 1 aromatic rings. The van der Waals surface area contributed by atoms with Gasteiger partial charge in [-0.25, -0.2) is 0 Å². The molecular formula is C12H18N2O. The fourth-order valence-electron chi connectivity index (χ4n) is 2.49. The van der Waals surface area contributed by atoms with Gasteiger partial charge in [0.15, 0.2) is 0 Å². The molecule has 0 saturated carbocycles. The third-order valence-corrected chi connectivity index (χ3v) is 3.34. The summed E-state index contributed by atoms with van der Waals surface area (Å²) in [6.07, 6.45) is 5.86. The zero-order valence-electron chi connectivity index (χ0n) is 9.19. The molecule has 0 amide bonds. The van der Waals surface area contributed by atoms with Crippen molar-refractivity contribution in [1.82, 2.24) is 9.88 Å². The average Bonchev–Trinajstić information content (AvgIpc) is 2.30. The summed E-state index contributed by atoms with van der Waals surface area (Å²) in [5.41, 5.74) is 1.07. The Bertz CT molecular complexity index is 315. The highest BCUT2D eigenvalue weighted by Crippen LogP contribution is 2.32. The van der Waals surface area contributed by atoms with E-state index in [1.165, 1.54) is 5.56 Å². The van der Waals surface area contributed by atoms with Crippen LogP contribution in [-0.4, -0.2) is 41.7 Å². The molecule has 3 nitrogen and oxygen atoms in total. The number of hydrogen-bond acceptors (Lipinski definition) is 3. The highest BCUT2D eigenvalue weighted by Gasteiger charge is 2.35. The summed E-state index contributed by atoms with van der Waals surface area (Å²) in [5.74, 6) is 0. The van der Waals surface area contributed by atoms with Gasteiger partial charge in [0.25, 0.3) is 0 Å². The van der Waals surface area contributed by atoms with E-state index >= 15 is 0 Å². The first-order valence-corrected chi connectivity index (χ1v) is 5.47. The van der Waals surface area contributed by atoms with Crippen LogP contribution in [0.5, 0.6) is 0 Å². The number of hydrogen-bond donors (Lipinski definition) is 1. The minimum absolute atomic E-state index is 0.0960. The predicted octanol–water partition coefficient (Wildman–Crippen LogP) is 1.04. The first-order chi connectivity index (χ1) is 7.27. The quantitative estimate of drug-likeness (QED) is 0.785. The Hall–Kier alpha value is -0.930. The summed E-state index contributed by atoms with van der Waals surface area (Å²) in [6.45, 7) is 2.26. The van der Waals surface area contributed by atoms with E-state index < -0.39 is 0 Å². The molecule has 2 rings (SSSR count). The second-order valence-corrected chi connectivity index (χ2v) is 4.52. The molecule has 1 aromatic heterocycles. The van der Waals surface area contributed by atoms with Gasteiger partial charge in [-0.15, -0.1) is 0 Å². The lowest BCUT2D eigenvalue weighted by Gasteiger charge is -2.40. The minimum atomic E-state index is -0.0960. The molecule has 0 aliphatic carbocycles. The molecule has 1 N–H and O–H groups in total. The molecule has 0 radical (unpaired) electrons. The lowest BCUT2D eigenvalue weighted by molar-refractivity contribution is 0.104. The van der Waals surface area contributed by atoms with Crippen LogP contribution in [0.2, 0.25) is 0 Å². The van der Waals surface area contributed by atoms with Crippen molar-refractivity contribution < 1.29 is 5.11 Å². The van der Waals surface area contributed by atoms with Crippen LogP contribution in [0.1, 0.15) is 18.4 Å². The first kappa shape index (κ1) is 10.6. The van der Waals surface area contributed by atoms with E-state index in [1.807, 2.05) is 12.3 Å². The average molecular weight is 206 g/mol. The fraction of sp³-hybridized carbons (Fsp3) is 0.583. The summed E-state index contributed by atoms with van der Waals surface area (Å²) in [4.78, 5) is 6.43. The number of aliphatic hydroxyl groups excluding tert-OH is 1. The van der Waals surface area contributed by atoms with Gasteiger partial charge in [0.05, 0.1) is 6.61 Å². The van der Waals surface area contributed by atoms with Crippen molar-refractivity contribution in [1.29, 1.82) is 0 Å². The van der Waals surface area contributed by atoms with Crippen LogP contribution in [0.4, 0.5) is 0 Å². The number of likely N-dealkylation sites (tertiary alicyclic amines) is 1. The maximum atomic E-state index is 9.66. The predicted molar refractivity (Wildman–Crippen MR) is 59.7 cm³/mol. The Balaban J connectivity index is 2.28. The standard InChI is InChI=1S/C12H18N2O/c1-14-7-3-5-12(9-14,10-15)11-4-2-6-13-8-11/h2,4,6,8,15H,3,5,7,9-10H2,1H3. The monoisotopic (exact) mass is 206 g/mol. The van der Waals surface area contributed by atoms with Crippen molar-refractivity contribution >= 4 is 0 Å². The van der Waals surface area contributed by atoms with Crippen molar-refractivity contribution in [3.63, 3.8) is 0 Å². The van der Waals surface area contributed by atoms with Crippen molar-refractivity contribution in [2.75, 3.05) is 26.7 Å². The lowest BCUT2D eigenvalue weighted by Crippen LogP contribution is -2.46. The minimum Gasteiger partial charge on any atom is -0.395 e. The summed E-state index contributed by atoms with van der Waals surface area (Å²) in [6, 6.07) is 4.02. The number of rotatable bonds is 2. The van der Waals surface area contributed by atoms with E-state index in [9.17, 15) is 5.11 Å². The van der Waals surface area contributed by atoms with Gasteiger partial charge in [-0.3, -0.25) is 4.98 Å². The molecule has 1 aliphatic heterocycles. The van der Waals surface area contributed by atoms with Gasteiger partial charge in [-0.2, -0.15) is 0 Å². The molecule has 1 saturated heterocycles. The fourth-order valence-corrected chi connectivity index (χ4v) is 2.49. The number of aliphatic hydroxyl groups is 1. The van der Waals surface area contributed by atoms with Crippen LogP contribution >= 0.6 is 0 Å². The highest BCUT2D eigenvalue weighted by atomic mass is 16.3. The van der Waals surface area contributed by atoms with Crippen molar-refractivity contribution in [3.8, 4) is 0 Å². The smallest absolute Gasteiger partial charge is 0.0540 e. The van der Waals surface area contributed by atoms with Gasteiger partial charge < -0.3 is 10.0 Å². The molecule has 82 valence electrons. The number of pyridine rings is 1. The number of likely N-dealkylation sites (N-methyl/N-ethyl adjacent to an activating group) is 1. The Morgan fingerprint density at radius 2 is 2.47 bits per heavy atom. The Kier molecular flexibility index (Phi) is 3.03. The van der Waals surface area contributed by atoms with E-state index in [0.29, 0.717) is 0 Å². The van der Waals surface area contributed by atoms with Gasteiger partial charge in [0, 0.05) is 24.4 Å². The molecule has 0 spiro atoms. The zero-order chi connectivity index (χ0) is 10.7. The van der Waals surface area contributed by atoms with Gasteiger partial charge in [-0.05, 0) is 38.1 Å². The molecule has 0 aromatic carbocycles. The first-order valence-electron chi connectivity index (χ1n) is 5.47. The van der Waals surface area contributed by atoms with Gasteiger partial charge in [-0.1, -0.05) is 6.07 Å². The second kappa shape index (κ2) is 4.29. The molecule has 0 bridgehead atoms. The third kappa shape index (κ3) is 2.03. The summed E-state index contributed by atoms with van der Waals surface area (Å²) in [5, 5.41) is 9.66. The van der Waals surface area contributed by atoms with Crippen molar-refractivity contribution in [2.45, 2.75) is 18.3 Å². The molecular weight excluding hydrogens is 188 g/mol. The number of nitrogens with zero attached hydrogens (tertiary/aromatic N) is 2. The third-order valence-electron chi connectivity index (χ3n) is 3.34. The molecule has 1 atom stereocenters. The summed E-state index contributed by atoms with van der Waals surface area (Å²) < 4.78 is 0. The maximum Gasteiger partial charge on any atom is 0.0540 e. The Morgan fingerprint density at radius 3 is 3.07 bits per heavy atom. The van der Waals surface area contributed by atoms with Crippen molar-refractivity contribution in [2.24, 2.45) is 0 Å². The van der Waals surface area contributed by atoms with Gasteiger partial charge in [0.1, 0.15) is 0 Å². The summed E-state index contributed by atoms with van der Waals surface area (Å²) in [7, 11) is 2.11. The van der Waals surface area contributed by atoms with E-state index in [1.54, 1.807) is 6.20 Å². The maximum absolute atomic E-state index is 9.66. The molecule has 15 heavy (non-hydrogen) atoms. The second-order valence-electron chi connectivity index (χ2n) is 4.52. The molecule has 3 heteroatoms. The summed E-state index contributed by atoms with van der Waals surface area (Å²) >= 11 is 0. The van der Waals surface area contributed by atoms with Crippen LogP contribution in [0, 0.1) is 0 Å². The van der Waals surface area contributed by atoms with Crippen LogP contribution in [0.25, 0.3) is 0 Å². The molecule has 1 aliphatic rings. The lowest BCUT2D eigenvalue weighted by atomic mass is 9.75. The number of piperidine rings is 1. The van der Waals surface area contributed by atoms with E-state index in [4.69, 9.17) is 0 Å². The Labute approximate surface area is 90.8 Å². The Morgan fingerprint density at radius 1 is 1.60 bits per heavy atom. The largest absolute Gasteiger partial charge is 0.395 e. The highest BCUT2D eigenvalue weighted by molar-refractivity contribution is 5.23. The van der Waals surface area contributed by atoms with E-state index in [2.05, 4.69) is 23.0 Å². The SMILES string of the molecule is CN1CCCC(CO)(c2cccnc2)C1.